The number of hydrogen-bond donors (Lipinski definition) is 3. The van der Waals surface area contributed by atoms with E-state index in [1.165, 1.54) is 4.57 Å². The lowest BCUT2D eigenvalue weighted by atomic mass is 10.1. The Hall–Kier alpha value is -4.73. The maximum Gasteiger partial charge on any atom is 0.269 e. The smallest absolute Gasteiger partial charge is 0.269 e. The fourth-order valence-corrected chi connectivity index (χ4v) is 4.54. The monoisotopic (exact) mass is 527 g/mol. The Kier molecular flexibility index (Phi) is 7.53. The normalized spacial score (nSPS) is 14.6. The second-order valence-corrected chi connectivity index (χ2v) is 9.07. The lowest BCUT2D eigenvalue weighted by molar-refractivity contribution is 0.0323. The molecule has 2 aromatic carbocycles. The third kappa shape index (κ3) is 5.45. The zero-order valence-electron chi connectivity index (χ0n) is 21.5. The summed E-state index contributed by atoms with van der Waals surface area (Å²) in [5, 5.41) is 13.1. The molecule has 200 valence electrons. The standard InChI is InChI=1S/C27H29N9O3/c1-17(31-24-19(16-28)23(29)33-27(30)34-24)25-32-20-8-5-9-21(39-15-12-35-10-13-38-14-11-35)22(20)26(37)36(25)18-6-3-2-4-7-18/h2-9,17H,10-15H2,1H3,(H5,29,30,31,33,34). The van der Waals surface area contributed by atoms with E-state index in [4.69, 9.17) is 25.9 Å². The van der Waals surface area contributed by atoms with Crippen molar-refractivity contribution >= 4 is 28.5 Å². The summed E-state index contributed by atoms with van der Waals surface area (Å²) in [7, 11) is 0. The first-order chi connectivity index (χ1) is 19.0. The van der Waals surface area contributed by atoms with Crippen molar-refractivity contribution in [2.24, 2.45) is 0 Å². The maximum absolute atomic E-state index is 14.1. The van der Waals surface area contributed by atoms with Gasteiger partial charge in [0.25, 0.3) is 5.56 Å². The molecule has 1 unspecified atom stereocenters. The Morgan fingerprint density at radius 3 is 2.62 bits per heavy atom. The van der Waals surface area contributed by atoms with Crippen molar-refractivity contribution < 1.29 is 9.47 Å². The molecule has 1 aliphatic rings. The molecule has 12 heteroatoms. The first-order valence-electron chi connectivity index (χ1n) is 12.6. The fourth-order valence-electron chi connectivity index (χ4n) is 4.54. The van der Waals surface area contributed by atoms with Crippen molar-refractivity contribution in [2.45, 2.75) is 13.0 Å². The van der Waals surface area contributed by atoms with E-state index in [9.17, 15) is 10.1 Å². The minimum atomic E-state index is -0.575. The van der Waals surface area contributed by atoms with Gasteiger partial charge in [-0.2, -0.15) is 15.2 Å². The number of nitrogens with two attached hydrogens (primary N) is 2. The van der Waals surface area contributed by atoms with Gasteiger partial charge in [0.2, 0.25) is 5.95 Å². The highest BCUT2D eigenvalue weighted by molar-refractivity contribution is 5.84. The summed E-state index contributed by atoms with van der Waals surface area (Å²) in [5.41, 5.74) is 12.6. The Bertz CT molecular complexity index is 1580. The molecular formula is C27H29N9O3. The predicted molar refractivity (Wildman–Crippen MR) is 148 cm³/mol. The number of nitrogens with zero attached hydrogens (tertiary/aromatic N) is 6. The number of ether oxygens (including phenoxy) is 2. The van der Waals surface area contributed by atoms with Crippen LogP contribution in [0.3, 0.4) is 0 Å². The zero-order valence-corrected chi connectivity index (χ0v) is 21.5. The van der Waals surface area contributed by atoms with Gasteiger partial charge in [-0.25, -0.2) is 4.98 Å². The van der Waals surface area contributed by atoms with Gasteiger partial charge in [0.1, 0.15) is 41.0 Å². The molecule has 5 rings (SSSR count). The van der Waals surface area contributed by atoms with Crippen LogP contribution in [0.25, 0.3) is 16.6 Å². The number of rotatable bonds is 8. The van der Waals surface area contributed by atoms with E-state index in [1.54, 1.807) is 12.1 Å². The Balaban J connectivity index is 1.56. The van der Waals surface area contributed by atoms with E-state index >= 15 is 0 Å². The molecule has 1 saturated heterocycles. The fraction of sp³-hybridized carbons (Fsp3) is 0.296. The molecule has 5 N–H and O–H groups in total. The number of nitrogen functional groups attached to an aromatic ring is 2. The molecule has 0 saturated carbocycles. The minimum absolute atomic E-state index is 0.0366. The topological polar surface area (TPSA) is 170 Å². The number of fused-ring (bicyclic) bond motifs is 1. The van der Waals surface area contributed by atoms with Gasteiger partial charge in [-0.15, -0.1) is 0 Å². The highest BCUT2D eigenvalue weighted by Crippen LogP contribution is 2.27. The molecule has 0 radical (unpaired) electrons. The van der Waals surface area contributed by atoms with Crippen LogP contribution in [0.2, 0.25) is 0 Å². The van der Waals surface area contributed by atoms with Crippen LogP contribution in [-0.2, 0) is 4.74 Å². The van der Waals surface area contributed by atoms with E-state index in [2.05, 4.69) is 20.2 Å². The third-order valence-corrected chi connectivity index (χ3v) is 6.48. The molecule has 0 spiro atoms. The lowest BCUT2D eigenvalue weighted by Gasteiger charge is -2.26. The first kappa shape index (κ1) is 25.9. The van der Waals surface area contributed by atoms with Crippen molar-refractivity contribution in [3.05, 3.63) is 70.3 Å². The van der Waals surface area contributed by atoms with Crippen molar-refractivity contribution in [1.29, 1.82) is 5.26 Å². The highest BCUT2D eigenvalue weighted by Gasteiger charge is 2.22. The van der Waals surface area contributed by atoms with Crippen LogP contribution in [0.4, 0.5) is 17.6 Å². The van der Waals surface area contributed by atoms with Crippen LogP contribution in [-0.4, -0.2) is 63.9 Å². The average molecular weight is 528 g/mol. The Morgan fingerprint density at radius 2 is 1.87 bits per heavy atom. The van der Waals surface area contributed by atoms with Crippen LogP contribution in [0.5, 0.6) is 5.75 Å². The van der Waals surface area contributed by atoms with Crippen molar-refractivity contribution in [2.75, 3.05) is 56.2 Å². The predicted octanol–water partition coefficient (Wildman–Crippen LogP) is 2.10. The second-order valence-electron chi connectivity index (χ2n) is 9.07. The number of morpholine rings is 1. The van der Waals surface area contributed by atoms with Gasteiger partial charge in [0.15, 0.2) is 5.82 Å². The number of hydrogen-bond acceptors (Lipinski definition) is 11. The van der Waals surface area contributed by atoms with Crippen LogP contribution in [0, 0.1) is 11.3 Å². The average Bonchev–Trinajstić information content (AvgIpc) is 2.94. The quantitative estimate of drug-likeness (QED) is 0.306. The van der Waals surface area contributed by atoms with E-state index in [0.29, 0.717) is 48.0 Å². The molecule has 39 heavy (non-hydrogen) atoms. The summed E-state index contributed by atoms with van der Waals surface area (Å²) < 4.78 is 13.1. The summed E-state index contributed by atoms with van der Waals surface area (Å²) in [5.74, 6) is 0.920. The third-order valence-electron chi connectivity index (χ3n) is 6.48. The minimum Gasteiger partial charge on any atom is -0.491 e. The largest absolute Gasteiger partial charge is 0.491 e. The van der Waals surface area contributed by atoms with Gasteiger partial charge < -0.3 is 26.3 Å². The zero-order chi connectivity index (χ0) is 27.4. The van der Waals surface area contributed by atoms with Gasteiger partial charge >= 0.3 is 0 Å². The highest BCUT2D eigenvalue weighted by atomic mass is 16.5. The summed E-state index contributed by atoms with van der Waals surface area (Å²) >= 11 is 0. The van der Waals surface area contributed by atoms with Crippen LogP contribution >= 0.6 is 0 Å². The molecule has 12 nitrogen and oxygen atoms in total. The number of para-hydroxylation sites is 1. The first-order valence-corrected chi connectivity index (χ1v) is 12.6. The van der Waals surface area contributed by atoms with E-state index in [1.807, 2.05) is 49.4 Å². The number of nitriles is 1. The summed E-state index contributed by atoms with van der Waals surface area (Å²) in [4.78, 5) is 29.2. The van der Waals surface area contributed by atoms with Crippen LogP contribution in [0.15, 0.2) is 53.3 Å². The summed E-state index contributed by atoms with van der Waals surface area (Å²) in [6, 6.07) is 16.0. The summed E-state index contributed by atoms with van der Waals surface area (Å²) in [6.45, 7) is 6.09. The van der Waals surface area contributed by atoms with Gasteiger partial charge in [-0.1, -0.05) is 24.3 Å². The van der Waals surface area contributed by atoms with E-state index < -0.39 is 6.04 Å². The molecule has 0 bridgehead atoms. The number of benzene rings is 2. The number of aromatic nitrogens is 4. The number of nitrogens with one attached hydrogen (secondary N) is 1. The van der Waals surface area contributed by atoms with Crippen molar-refractivity contribution in [3.63, 3.8) is 0 Å². The molecule has 4 aromatic rings. The SMILES string of the molecule is CC(Nc1nc(N)nc(N)c1C#N)c1nc2cccc(OCCN3CCOCC3)c2c(=O)n1-c1ccccc1. The molecule has 1 fully saturated rings. The molecule has 3 heterocycles. The van der Waals surface area contributed by atoms with E-state index in [-0.39, 0.29) is 28.7 Å². The molecule has 2 aromatic heterocycles. The summed E-state index contributed by atoms with van der Waals surface area (Å²) in [6.07, 6.45) is 0. The second kappa shape index (κ2) is 11.3. The molecule has 0 aliphatic carbocycles. The van der Waals surface area contributed by atoms with Gasteiger partial charge in [0, 0.05) is 19.6 Å². The molecule has 1 atom stereocenters. The van der Waals surface area contributed by atoms with Gasteiger partial charge in [-0.3, -0.25) is 14.3 Å². The van der Waals surface area contributed by atoms with Crippen LogP contribution < -0.4 is 27.1 Å². The lowest BCUT2D eigenvalue weighted by Crippen LogP contribution is -2.38. The van der Waals surface area contributed by atoms with Gasteiger partial charge in [0.05, 0.1) is 30.5 Å². The molecule has 1 aliphatic heterocycles. The van der Waals surface area contributed by atoms with E-state index in [0.717, 1.165) is 19.6 Å². The van der Waals surface area contributed by atoms with Gasteiger partial charge in [-0.05, 0) is 31.2 Å². The molecular weight excluding hydrogens is 498 g/mol. The Morgan fingerprint density at radius 1 is 1.10 bits per heavy atom. The van der Waals surface area contributed by atoms with Crippen molar-refractivity contribution in [3.8, 4) is 17.5 Å². The Labute approximate surface area is 224 Å². The maximum atomic E-state index is 14.1. The molecule has 0 amide bonds. The van der Waals surface area contributed by atoms with Crippen molar-refractivity contribution in [1.82, 2.24) is 24.4 Å². The number of anilines is 3. The van der Waals surface area contributed by atoms with Crippen LogP contribution in [0.1, 0.15) is 24.4 Å².